The molecule has 0 unspecified atom stereocenters. The van der Waals surface area contributed by atoms with Crippen molar-refractivity contribution in [2.24, 2.45) is 0 Å². The lowest BCUT2D eigenvalue weighted by Gasteiger charge is -2.11. The average Bonchev–Trinajstić information content (AvgIpc) is 3.13. The van der Waals surface area contributed by atoms with Crippen LogP contribution in [0.15, 0.2) is 48.5 Å². The van der Waals surface area contributed by atoms with Gasteiger partial charge in [0.25, 0.3) is 5.91 Å². The Hall–Kier alpha value is -3.45. The lowest BCUT2D eigenvalue weighted by molar-refractivity contribution is 0.0955. The van der Waals surface area contributed by atoms with Crippen molar-refractivity contribution >= 4 is 34.4 Å². The zero-order valence-corrected chi connectivity index (χ0v) is 19.1. The predicted octanol–water partition coefficient (Wildman–Crippen LogP) is 4.49. The van der Waals surface area contributed by atoms with Gasteiger partial charge in [-0.05, 0) is 37.6 Å². The molecule has 0 aliphatic heterocycles. The fraction of sp³-hybridized carbons (Fsp3) is 0.250. The number of aryl methyl sites for hydroxylation is 3. The fourth-order valence-electron chi connectivity index (χ4n) is 3.58. The van der Waals surface area contributed by atoms with E-state index in [9.17, 15) is 4.79 Å². The molecule has 164 valence electrons. The van der Waals surface area contributed by atoms with Crippen LogP contribution >= 0.6 is 11.6 Å². The Labute approximate surface area is 191 Å². The summed E-state index contributed by atoms with van der Waals surface area (Å²) in [5.74, 6) is 1.24. The van der Waals surface area contributed by atoms with Crippen molar-refractivity contribution in [2.45, 2.75) is 27.2 Å². The molecule has 32 heavy (non-hydrogen) atoms. The average molecular weight is 449 g/mol. The minimum absolute atomic E-state index is 0.206. The van der Waals surface area contributed by atoms with Crippen LogP contribution in [0.25, 0.3) is 16.7 Å². The SMILES string of the molecule is CCc1nc(NCCNC(=O)c2ccccc2Cl)c2c(C)nn(-c3ccccc3C)c2n1. The van der Waals surface area contributed by atoms with Crippen molar-refractivity contribution in [3.63, 3.8) is 0 Å². The summed E-state index contributed by atoms with van der Waals surface area (Å²) in [5.41, 5.74) is 4.18. The number of rotatable bonds is 7. The Balaban J connectivity index is 1.57. The Bertz CT molecular complexity index is 1280. The van der Waals surface area contributed by atoms with E-state index in [0.29, 0.717) is 30.1 Å². The summed E-state index contributed by atoms with van der Waals surface area (Å²) in [5, 5.41) is 12.3. The number of aromatic nitrogens is 4. The molecule has 2 heterocycles. The van der Waals surface area contributed by atoms with E-state index in [0.717, 1.165) is 39.6 Å². The van der Waals surface area contributed by atoms with Gasteiger partial charge in [-0.3, -0.25) is 4.79 Å². The zero-order valence-electron chi connectivity index (χ0n) is 18.3. The minimum atomic E-state index is -0.206. The molecule has 0 bridgehead atoms. The second-order valence-electron chi connectivity index (χ2n) is 7.49. The summed E-state index contributed by atoms with van der Waals surface area (Å²) in [4.78, 5) is 21.8. The van der Waals surface area contributed by atoms with Crippen LogP contribution in [0.1, 0.15) is 34.4 Å². The smallest absolute Gasteiger partial charge is 0.252 e. The minimum Gasteiger partial charge on any atom is -0.368 e. The molecule has 2 aromatic carbocycles. The number of nitrogens with one attached hydrogen (secondary N) is 2. The number of hydrogen-bond donors (Lipinski definition) is 2. The number of nitrogens with zero attached hydrogens (tertiary/aromatic N) is 4. The fourth-order valence-corrected chi connectivity index (χ4v) is 3.80. The third-order valence-corrected chi connectivity index (χ3v) is 5.56. The lowest BCUT2D eigenvalue weighted by atomic mass is 10.2. The van der Waals surface area contributed by atoms with E-state index in [1.54, 1.807) is 24.3 Å². The highest BCUT2D eigenvalue weighted by Gasteiger charge is 2.18. The molecule has 4 aromatic rings. The molecular weight excluding hydrogens is 424 g/mol. The molecule has 0 radical (unpaired) electrons. The first-order valence-electron chi connectivity index (χ1n) is 10.6. The van der Waals surface area contributed by atoms with E-state index in [1.807, 2.05) is 36.7 Å². The lowest BCUT2D eigenvalue weighted by Crippen LogP contribution is -2.29. The molecule has 2 N–H and O–H groups in total. The number of carbonyl (C=O) groups is 1. The third kappa shape index (κ3) is 4.29. The van der Waals surface area contributed by atoms with Gasteiger partial charge in [0.05, 0.1) is 27.4 Å². The van der Waals surface area contributed by atoms with Crippen molar-refractivity contribution in [2.75, 3.05) is 18.4 Å². The monoisotopic (exact) mass is 448 g/mol. The van der Waals surface area contributed by atoms with E-state index in [-0.39, 0.29) is 5.91 Å². The van der Waals surface area contributed by atoms with Gasteiger partial charge in [-0.2, -0.15) is 5.10 Å². The summed E-state index contributed by atoms with van der Waals surface area (Å²) >= 11 is 6.11. The third-order valence-electron chi connectivity index (χ3n) is 5.23. The van der Waals surface area contributed by atoms with Crippen LogP contribution in [0.4, 0.5) is 5.82 Å². The van der Waals surface area contributed by atoms with Crippen LogP contribution in [0, 0.1) is 13.8 Å². The molecule has 0 fully saturated rings. The zero-order chi connectivity index (χ0) is 22.7. The maximum atomic E-state index is 12.4. The molecule has 8 heteroatoms. The topological polar surface area (TPSA) is 84.7 Å². The summed E-state index contributed by atoms with van der Waals surface area (Å²) < 4.78 is 1.88. The van der Waals surface area contributed by atoms with Crippen molar-refractivity contribution < 1.29 is 4.79 Å². The van der Waals surface area contributed by atoms with Gasteiger partial charge in [0.1, 0.15) is 11.6 Å². The molecule has 7 nitrogen and oxygen atoms in total. The maximum Gasteiger partial charge on any atom is 0.252 e. The van der Waals surface area contributed by atoms with Gasteiger partial charge in [-0.25, -0.2) is 14.6 Å². The van der Waals surface area contributed by atoms with Gasteiger partial charge in [-0.15, -0.1) is 0 Å². The highest BCUT2D eigenvalue weighted by Crippen LogP contribution is 2.27. The van der Waals surface area contributed by atoms with Gasteiger partial charge in [0.15, 0.2) is 5.65 Å². The number of para-hydroxylation sites is 1. The largest absolute Gasteiger partial charge is 0.368 e. The van der Waals surface area contributed by atoms with E-state index in [4.69, 9.17) is 21.7 Å². The number of anilines is 1. The maximum absolute atomic E-state index is 12.4. The van der Waals surface area contributed by atoms with Crippen molar-refractivity contribution in [3.05, 3.63) is 76.2 Å². The van der Waals surface area contributed by atoms with Crippen molar-refractivity contribution in [1.82, 2.24) is 25.1 Å². The quantitative estimate of drug-likeness (QED) is 0.407. The molecule has 0 aliphatic rings. The number of amides is 1. The summed E-state index contributed by atoms with van der Waals surface area (Å²) in [6.07, 6.45) is 0.700. The van der Waals surface area contributed by atoms with E-state index >= 15 is 0 Å². The van der Waals surface area contributed by atoms with Crippen molar-refractivity contribution in [3.8, 4) is 5.69 Å². The number of hydrogen-bond acceptors (Lipinski definition) is 5. The Morgan fingerprint density at radius 3 is 2.53 bits per heavy atom. The first-order chi connectivity index (χ1) is 15.5. The second-order valence-corrected chi connectivity index (χ2v) is 7.89. The van der Waals surface area contributed by atoms with Gasteiger partial charge in [0.2, 0.25) is 0 Å². The van der Waals surface area contributed by atoms with Gasteiger partial charge >= 0.3 is 0 Å². The number of benzene rings is 2. The Morgan fingerprint density at radius 1 is 1.03 bits per heavy atom. The summed E-state index contributed by atoms with van der Waals surface area (Å²) in [7, 11) is 0. The molecule has 4 rings (SSSR count). The number of halogens is 1. The first kappa shape index (κ1) is 21.8. The number of fused-ring (bicyclic) bond motifs is 1. The predicted molar refractivity (Wildman–Crippen MR) is 128 cm³/mol. The highest BCUT2D eigenvalue weighted by atomic mass is 35.5. The van der Waals surface area contributed by atoms with E-state index < -0.39 is 0 Å². The normalized spacial score (nSPS) is 11.0. The van der Waals surface area contributed by atoms with Crippen LogP contribution in [0.5, 0.6) is 0 Å². The Morgan fingerprint density at radius 2 is 1.78 bits per heavy atom. The van der Waals surface area contributed by atoms with Crippen LogP contribution in [-0.2, 0) is 6.42 Å². The van der Waals surface area contributed by atoms with E-state index in [1.165, 1.54) is 0 Å². The molecule has 0 saturated carbocycles. The van der Waals surface area contributed by atoms with Crippen LogP contribution in [0.3, 0.4) is 0 Å². The summed E-state index contributed by atoms with van der Waals surface area (Å²) in [6.45, 7) is 6.95. The van der Waals surface area contributed by atoms with Crippen LogP contribution < -0.4 is 10.6 Å². The standard InChI is InChI=1S/C24H25ClN6O/c1-4-20-28-22(26-13-14-27-24(32)17-10-6-7-11-18(17)25)21-16(3)30-31(23(21)29-20)19-12-8-5-9-15(19)2/h5-12H,4,13-14H2,1-3H3,(H,27,32)(H,26,28,29). The van der Waals surface area contributed by atoms with Gasteiger partial charge < -0.3 is 10.6 Å². The molecule has 0 saturated heterocycles. The second kappa shape index (κ2) is 9.36. The first-order valence-corrected chi connectivity index (χ1v) is 11.0. The molecular formula is C24H25ClN6O. The van der Waals surface area contributed by atoms with Gasteiger partial charge in [-0.1, -0.05) is 48.9 Å². The molecule has 0 atom stereocenters. The molecule has 1 amide bonds. The van der Waals surface area contributed by atoms with Gasteiger partial charge in [0, 0.05) is 19.5 Å². The van der Waals surface area contributed by atoms with E-state index in [2.05, 4.69) is 28.6 Å². The number of carbonyl (C=O) groups excluding carboxylic acids is 1. The molecule has 0 spiro atoms. The Kier molecular flexibility index (Phi) is 6.37. The van der Waals surface area contributed by atoms with Crippen molar-refractivity contribution in [1.29, 1.82) is 0 Å². The molecule has 2 aromatic heterocycles. The van der Waals surface area contributed by atoms with Crippen LogP contribution in [-0.4, -0.2) is 38.7 Å². The van der Waals surface area contributed by atoms with Crippen LogP contribution in [0.2, 0.25) is 5.02 Å². The highest BCUT2D eigenvalue weighted by molar-refractivity contribution is 6.33. The molecule has 0 aliphatic carbocycles. The summed E-state index contributed by atoms with van der Waals surface area (Å²) in [6, 6.07) is 15.1.